The maximum atomic E-state index is 9.17. The van der Waals surface area contributed by atoms with Gasteiger partial charge in [0.15, 0.2) is 11.5 Å². The molecule has 0 aliphatic carbocycles. The van der Waals surface area contributed by atoms with Crippen molar-refractivity contribution in [2.24, 2.45) is 15.0 Å². The number of benzene rings is 1. The zero-order valence-corrected chi connectivity index (χ0v) is 24.5. The van der Waals surface area contributed by atoms with E-state index in [1.165, 1.54) is 11.9 Å². The first-order chi connectivity index (χ1) is 21.6. The van der Waals surface area contributed by atoms with E-state index in [-0.39, 0.29) is 5.84 Å². The summed E-state index contributed by atoms with van der Waals surface area (Å²) in [6.45, 7) is 11.1. The molecule has 2 saturated heterocycles. The molecule has 0 saturated carbocycles. The predicted octanol–water partition coefficient (Wildman–Crippen LogP) is 2.63. The topological polar surface area (TPSA) is 149 Å². The third-order valence-corrected chi connectivity index (χ3v) is 7.75. The maximum absolute atomic E-state index is 9.17. The molecule has 0 unspecified atom stereocenters. The van der Waals surface area contributed by atoms with Crippen molar-refractivity contribution in [3.8, 4) is 23.1 Å². The SMILES string of the molecule is C=NC=N/C(C#N)=N\CN1CCN(Cc2ccc(-n3c(-c4cccnc4N)nc4ccc(N5CCOCC5)nc43)cc2)CC1. The fourth-order valence-electron chi connectivity index (χ4n) is 5.41. The van der Waals surface area contributed by atoms with Crippen LogP contribution in [0.1, 0.15) is 5.56 Å². The molecule has 0 radical (unpaired) electrons. The summed E-state index contributed by atoms with van der Waals surface area (Å²) in [5, 5.41) is 9.17. The van der Waals surface area contributed by atoms with Crippen molar-refractivity contribution in [3.05, 3.63) is 60.3 Å². The molecular formula is C31H34N12O. The van der Waals surface area contributed by atoms with Crippen LogP contribution in [0.25, 0.3) is 28.2 Å². The Labute approximate surface area is 255 Å². The van der Waals surface area contributed by atoms with Crippen molar-refractivity contribution in [2.75, 3.05) is 69.8 Å². The van der Waals surface area contributed by atoms with E-state index in [2.05, 4.69) is 70.2 Å². The van der Waals surface area contributed by atoms with E-state index >= 15 is 0 Å². The molecule has 1 aromatic carbocycles. The van der Waals surface area contributed by atoms with E-state index in [0.717, 1.165) is 74.0 Å². The highest BCUT2D eigenvalue weighted by molar-refractivity contribution is 6.01. The number of hydrogen-bond acceptors (Lipinski definition) is 10. The van der Waals surface area contributed by atoms with Gasteiger partial charge in [0.2, 0.25) is 5.84 Å². The molecule has 2 aliphatic heterocycles. The van der Waals surface area contributed by atoms with Crippen LogP contribution in [0.4, 0.5) is 11.6 Å². The highest BCUT2D eigenvalue weighted by Crippen LogP contribution is 2.31. The van der Waals surface area contributed by atoms with Gasteiger partial charge in [-0.3, -0.25) is 19.4 Å². The van der Waals surface area contributed by atoms with E-state index in [0.29, 0.717) is 31.5 Å². The molecule has 6 rings (SSSR count). The minimum Gasteiger partial charge on any atom is -0.383 e. The van der Waals surface area contributed by atoms with Gasteiger partial charge in [-0.05, 0) is 48.7 Å². The number of anilines is 2. The molecule has 13 heteroatoms. The second-order valence-electron chi connectivity index (χ2n) is 10.5. The average molecular weight is 591 g/mol. The Balaban J connectivity index is 1.21. The molecule has 0 bridgehead atoms. The molecule has 2 N–H and O–H groups in total. The van der Waals surface area contributed by atoms with E-state index in [9.17, 15) is 0 Å². The minimum absolute atomic E-state index is 0.104. The second kappa shape index (κ2) is 13.5. The number of aliphatic imine (C=N–C) groups is 3. The van der Waals surface area contributed by atoms with Crippen LogP contribution in [0.5, 0.6) is 0 Å². The van der Waals surface area contributed by atoms with Crippen molar-refractivity contribution < 1.29 is 4.74 Å². The quantitative estimate of drug-likeness (QED) is 0.241. The van der Waals surface area contributed by atoms with Crippen LogP contribution < -0.4 is 10.6 Å². The van der Waals surface area contributed by atoms with Gasteiger partial charge in [-0.1, -0.05) is 12.1 Å². The van der Waals surface area contributed by atoms with Gasteiger partial charge in [-0.15, -0.1) is 0 Å². The summed E-state index contributed by atoms with van der Waals surface area (Å²) in [4.78, 5) is 32.9. The highest BCUT2D eigenvalue weighted by atomic mass is 16.5. The van der Waals surface area contributed by atoms with Crippen LogP contribution in [-0.2, 0) is 11.3 Å². The summed E-state index contributed by atoms with van der Waals surface area (Å²) in [5.41, 5.74) is 10.8. The Kier molecular flexibility index (Phi) is 8.93. The minimum atomic E-state index is 0.104. The number of hydrogen-bond donors (Lipinski definition) is 1. The monoisotopic (exact) mass is 590 g/mol. The molecule has 0 spiro atoms. The number of nitrogens with zero attached hydrogens (tertiary/aromatic N) is 11. The van der Waals surface area contributed by atoms with Crippen molar-refractivity contribution in [2.45, 2.75) is 6.54 Å². The van der Waals surface area contributed by atoms with Gasteiger partial charge in [-0.25, -0.2) is 24.9 Å². The van der Waals surface area contributed by atoms with E-state index in [1.54, 1.807) is 6.20 Å². The fourth-order valence-corrected chi connectivity index (χ4v) is 5.41. The zero-order chi connectivity index (χ0) is 30.3. The van der Waals surface area contributed by atoms with Gasteiger partial charge in [0.1, 0.15) is 29.6 Å². The van der Waals surface area contributed by atoms with E-state index in [1.807, 2.05) is 30.3 Å². The summed E-state index contributed by atoms with van der Waals surface area (Å²) in [6, 6.07) is 18.4. The van der Waals surface area contributed by atoms with Gasteiger partial charge in [-0.2, -0.15) is 5.26 Å². The molecule has 2 aliphatic rings. The molecule has 224 valence electrons. The first-order valence-electron chi connectivity index (χ1n) is 14.5. The van der Waals surface area contributed by atoms with Crippen LogP contribution in [0, 0.1) is 11.3 Å². The standard InChI is InChI=1S/C31H34N12O/c1-34-21-36-27(19-32)37-22-41-13-11-40(12-14-41)20-23-4-6-24(7-5-23)43-30(25-3-2-10-35-29(25)33)38-26-8-9-28(39-31(26)43)42-15-17-44-18-16-42/h2-10,21H,1,11-18,20,22H2,(H2,33,35)/b36-21?,37-27-. The number of amidine groups is 1. The lowest BCUT2D eigenvalue weighted by molar-refractivity contribution is 0.122. The number of piperazine rings is 1. The Hall–Kier alpha value is -5.03. The van der Waals surface area contributed by atoms with Gasteiger partial charge >= 0.3 is 0 Å². The molecule has 44 heavy (non-hydrogen) atoms. The number of nitrogen functional groups attached to an aromatic ring is 1. The molecule has 2 fully saturated rings. The van der Waals surface area contributed by atoms with E-state index < -0.39 is 0 Å². The molecule has 5 heterocycles. The van der Waals surface area contributed by atoms with Crippen LogP contribution in [0.3, 0.4) is 0 Å². The smallest absolute Gasteiger partial charge is 0.230 e. The van der Waals surface area contributed by atoms with Gasteiger partial charge in [0, 0.05) is 57.7 Å². The largest absolute Gasteiger partial charge is 0.383 e. The number of nitriles is 1. The Morgan fingerprint density at radius 2 is 1.77 bits per heavy atom. The molecular weight excluding hydrogens is 556 g/mol. The molecule has 0 atom stereocenters. The Bertz CT molecular complexity index is 1710. The number of aromatic nitrogens is 4. The van der Waals surface area contributed by atoms with Gasteiger partial charge < -0.3 is 15.4 Å². The lowest BCUT2D eigenvalue weighted by Crippen LogP contribution is -2.45. The molecule has 3 aromatic heterocycles. The lowest BCUT2D eigenvalue weighted by Gasteiger charge is -2.33. The van der Waals surface area contributed by atoms with E-state index in [4.69, 9.17) is 25.7 Å². The van der Waals surface area contributed by atoms with Crippen molar-refractivity contribution >= 4 is 41.7 Å². The summed E-state index contributed by atoms with van der Waals surface area (Å²) >= 11 is 0. The first-order valence-corrected chi connectivity index (χ1v) is 14.5. The van der Waals surface area contributed by atoms with Gasteiger partial charge in [0.25, 0.3) is 0 Å². The third-order valence-electron chi connectivity index (χ3n) is 7.75. The number of morpholine rings is 1. The second-order valence-corrected chi connectivity index (χ2v) is 10.5. The zero-order valence-electron chi connectivity index (χ0n) is 24.5. The number of fused-ring (bicyclic) bond motifs is 1. The fraction of sp³-hybridized carbons (Fsp3) is 0.323. The third kappa shape index (κ3) is 6.47. The average Bonchev–Trinajstić information content (AvgIpc) is 3.45. The maximum Gasteiger partial charge on any atom is 0.230 e. The summed E-state index contributed by atoms with van der Waals surface area (Å²) in [5.74, 6) is 2.13. The van der Waals surface area contributed by atoms with Gasteiger partial charge in [0.05, 0.1) is 25.4 Å². The summed E-state index contributed by atoms with van der Waals surface area (Å²) in [6.07, 6.45) is 2.91. The number of nitrogens with two attached hydrogens (primary N) is 1. The van der Waals surface area contributed by atoms with Crippen LogP contribution in [-0.4, -0.2) is 107 Å². The van der Waals surface area contributed by atoms with Crippen molar-refractivity contribution in [3.63, 3.8) is 0 Å². The van der Waals surface area contributed by atoms with Crippen molar-refractivity contribution in [1.82, 2.24) is 29.3 Å². The van der Waals surface area contributed by atoms with Crippen LogP contribution in [0.2, 0.25) is 0 Å². The number of rotatable bonds is 8. The molecule has 13 nitrogen and oxygen atoms in total. The Morgan fingerprint density at radius 3 is 2.50 bits per heavy atom. The number of pyridine rings is 2. The lowest BCUT2D eigenvalue weighted by atomic mass is 10.1. The molecule has 0 amide bonds. The number of ether oxygens (including phenoxy) is 1. The molecule has 4 aromatic rings. The highest BCUT2D eigenvalue weighted by Gasteiger charge is 2.21. The number of imidazole rings is 1. The predicted molar refractivity (Wildman–Crippen MR) is 172 cm³/mol. The summed E-state index contributed by atoms with van der Waals surface area (Å²) in [7, 11) is 0. The normalized spacial score (nSPS) is 16.9. The van der Waals surface area contributed by atoms with Crippen molar-refractivity contribution in [1.29, 1.82) is 5.26 Å². The summed E-state index contributed by atoms with van der Waals surface area (Å²) < 4.78 is 7.61. The first kappa shape index (κ1) is 29.1. The van der Waals surface area contributed by atoms with Crippen LogP contribution in [0.15, 0.2) is 69.7 Å². The Morgan fingerprint density at radius 1 is 1.00 bits per heavy atom. The van der Waals surface area contributed by atoms with Crippen LogP contribution >= 0.6 is 0 Å².